The highest BCUT2D eigenvalue weighted by atomic mass is 14.2. The summed E-state index contributed by atoms with van der Waals surface area (Å²) in [5, 5.41) is 0. The molecule has 0 saturated heterocycles. The second kappa shape index (κ2) is 17.0. The van der Waals surface area contributed by atoms with Crippen molar-refractivity contribution in [2.24, 2.45) is 11.8 Å². The lowest BCUT2D eigenvalue weighted by atomic mass is 9.86. The van der Waals surface area contributed by atoms with Crippen LogP contribution in [0.5, 0.6) is 0 Å². The van der Waals surface area contributed by atoms with E-state index in [0.717, 1.165) is 11.8 Å². The van der Waals surface area contributed by atoms with Crippen molar-refractivity contribution in [3.63, 3.8) is 0 Å². The molecule has 0 heterocycles. The number of rotatable bonds is 9. The van der Waals surface area contributed by atoms with Gasteiger partial charge >= 0.3 is 0 Å². The van der Waals surface area contributed by atoms with E-state index in [9.17, 15) is 0 Å². The lowest BCUT2D eigenvalue weighted by Gasteiger charge is -2.19. The molecule has 0 spiro atoms. The molecular formula is C31H52. The van der Waals surface area contributed by atoms with Crippen molar-refractivity contribution in [2.45, 2.75) is 113 Å². The summed E-state index contributed by atoms with van der Waals surface area (Å²) in [6.07, 6.45) is 9.13. The van der Waals surface area contributed by atoms with Crippen LogP contribution in [-0.4, -0.2) is 0 Å². The average Bonchev–Trinajstić information content (AvgIpc) is 2.76. The number of hydrogen-bond acceptors (Lipinski definition) is 0. The van der Waals surface area contributed by atoms with Gasteiger partial charge in [0.05, 0.1) is 0 Å². The Balaban J connectivity index is 0.000000539. The first-order valence-corrected chi connectivity index (χ1v) is 12.9. The third-order valence-corrected chi connectivity index (χ3v) is 5.86. The number of benzene rings is 2. The molecule has 0 aliphatic carbocycles. The molecule has 0 nitrogen and oxygen atoms in total. The first-order chi connectivity index (χ1) is 14.8. The Morgan fingerprint density at radius 1 is 0.677 bits per heavy atom. The van der Waals surface area contributed by atoms with Gasteiger partial charge in [-0.1, -0.05) is 149 Å². The summed E-state index contributed by atoms with van der Waals surface area (Å²) in [6.45, 7) is 19.9. The van der Waals surface area contributed by atoms with Gasteiger partial charge in [-0.25, -0.2) is 0 Å². The smallest absolute Gasteiger partial charge is 0.0132 e. The molecule has 0 amide bonds. The Morgan fingerprint density at radius 2 is 1.16 bits per heavy atom. The van der Waals surface area contributed by atoms with Gasteiger partial charge in [-0.2, -0.15) is 0 Å². The van der Waals surface area contributed by atoms with Crippen LogP contribution >= 0.6 is 0 Å². The van der Waals surface area contributed by atoms with Gasteiger partial charge in [0.15, 0.2) is 0 Å². The monoisotopic (exact) mass is 424 g/mol. The van der Waals surface area contributed by atoms with Crippen LogP contribution < -0.4 is 0 Å². The van der Waals surface area contributed by atoms with Crippen LogP contribution in [0.1, 0.15) is 111 Å². The molecular weight excluding hydrogens is 372 g/mol. The molecule has 0 saturated carbocycles. The van der Waals surface area contributed by atoms with E-state index in [0.29, 0.717) is 0 Å². The summed E-state index contributed by atoms with van der Waals surface area (Å²) < 4.78 is 0. The van der Waals surface area contributed by atoms with Gasteiger partial charge in [-0.15, -0.1) is 0 Å². The summed E-state index contributed by atoms with van der Waals surface area (Å²) in [7, 11) is 0. The van der Waals surface area contributed by atoms with Gasteiger partial charge in [0.1, 0.15) is 0 Å². The van der Waals surface area contributed by atoms with Gasteiger partial charge in [0.25, 0.3) is 0 Å². The SMILES string of the molecule is CC.CCC(C)Cc1ccc(C(C)(C)C)cc1.CCCC(CCC)Cc1ccccc1. The molecule has 1 atom stereocenters. The predicted octanol–water partition coefficient (Wildman–Crippen LogP) is 10.0. The molecule has 0 aromatic heterocycles. The zero-order valence-corrected chi connectivity index (χ0v) is 22.3. The maximum atomic E-state index is 2.32. The quantitative estimate of drug-likeness (QED) is 0.375. The van der Waals surface area contributed by atoms with E-state index in [1.807, 2.05) is 13.8 Å². The van der Waals surface area contributed by atoms with Crippen LogP contribution in [0.3, 0.4) is 0 Å². The Kier molecular flexibility index (Phi) is 16.2. The van der Waals surface area contributed by atoms with Crippen LogP contribution in [0.25, 0.3) is 0 Å². The van der Waals surface area contributed by atoms with Crippen molar-refractivity contribution >= 4 is 0 Å². The number of hydrogen-bond donors (Lipinski definition) is 0. The summed E-state index contributed by atoms with van der Waals surface area (Å²) in [5.74, 6) is 1.69. The van der Waals surface area contributed by atoms with Crippen molar-refractivity contribution < 1.29 is 0 Å². The van der Waals surface area contributed by atoms with E-state index in [1.54, 1.807) is 0 Å². The molecule has 0 radical (unpaired) electrons. The van der Waals surface area contributed by atoms with Gasteiger partial charge in [-0.05, 0) is 46.8 Å². The summed E-state index contributed by atoms with van der Waals surface area (Å²) in [5.41, 5.74) is 4.67. The van der Waals surface area contributed by atoms with E-state index in [-0.39, 0.29) is 5.41 Å². The van der Waals surface area contributed by atoms with Crippen LogP contribution in [0.4, 0.5) is 0 Å². The highest BCUT2D eigenvalue weighted by molar-refractivity contribution is 5.27. The molecule has 2 aromatic carbocycles. The minimum Gasteiger partial charge on any atom is -0.0683 e. The average molecular weight is 425 g/mol. The van der Waals surface area contributed by atoms with Crippen LogP contribution in [0, 0.1) is 11.8 Å². The minimum atomic E-state index is 0.273. The van der Waals surface area contributed by atoms with Crippen molar-refractivity contribution in [1.29, 1.82) is 0 Å². The predicted molar refractivity (Wildman–Crippen MR) is 143 cm³/mol. The summed E-state index contributed by atoms with van der Waals surface area (Å²) in [6, 6.07) is 20.0. The Bertz CT molecular complexity index is 624. The van der Waals surface area contributed by atoms with Gasteiger partial charge in [0.2, 0.25) is 0 Å². The molecule has 0 heteroatoms. The normalized spacial score (nSPS) is 11.8. The maximum Gasteiger partial charge on any atom is -0.0132 e. The van der Waals surface area contributed by atoms with Crippen molar-refractivity contribution in [3.8, 4) is 0 Å². The molecule has 0 fully saturated rings. The zero-order chi connectivity index (χ0) is 23.7. The zero-order valence-electron chi connectivity index (χ0n) is 22.3. The van der Waals surface area contributed by atoms with E-state index in [1.165, 1.54) is 61.6 Å². The van der Waals surface area contributed by atoms with Gasteiger partial charge in [-0.3, -0.25) is 0 Å². The van der Waals surface area contributed by atoms with E-state index >= 15 is 0 Å². The van der Waals surface area contributed by atoms with E-state index in [2.05, 4.69) is 103 Å². The lowest BCUT2D eigenvalue weighted by Crippen LogP contribution is -2.10. The largest absolute Gasteiger partial charge is 0.0683 e. The molecule has 0 N–H and O–H groups in total. The topological polar surface area (TPSA) is 0 Å². The fourth-order valence-electron chi connectivity index (χ4n) is 3.80. The van der Waals surface area contributed by atoms with Gasteiger partial charge in [0, 0.05) is 0 Å². The first-order valence-electron chi connectivity index (χ1n) is 12.9. The third kappa shape index (κ3) is 13.5. The maximum absolute atomic E-state index is 2.32. The van der Waals surface area contributed by atoms with Crippen molar-refractivity contribution in [2.75, 3.05) is 0 Å². The molecule has 2 aromatic rings. The Morgan fingerprint density at radius 3 is 1.58 bits per heavy atom. The first kappa shape index (κ1) is 29.4. The Hall–Kier alpha value is -1.56. The lowest BCUT2D eigenvalue weighted by molar-refractivity contribution is 0.438. The van der Waals surface area contributed by atoms with Crippen molar-refractivity contribution in [3.05, 3.63) is 71.3 Å². The molecule has 176 valence electrons. The van der Waals surface area contributed by atoms with E-state index in [4.69, 9.17) is 0 Å². The van der Waals surface area contributed by atoms with Crippen molar-refractivity contribution in [1.82, 2.24) is 0 Å². The molecule has 1 unspecified atom stereocenters. The second-order valence-electron chi connectivity index (χ2n) is 9.80. The molecule has 0 bridgehead atoms. The summed E-state index contributed by atoms with van der Waals surface area (Å²) >= 11 is 0. The summed E-state index contributed by atoms with van der Waals surface area (Å²) in [4.78, 5) is 0. The second-order valence-corrected chi connectivity index (χ2v) is 9.80. The highest BCUT2D eigenvalue weighted by Gasteiger charge is 2.13. The molecule has 31 heavy (non-hydrogen) atoms. The standard InChI is InChI=1S/C15H24.C14H22.C2H6/c1-6-12(2)11-13-7-9-14(10-8-13)15(3,4)5;1-3-8-13(9-4-2)12-14-10-6-5-7-11-14;1-2/h7-10,12H,6,11H2,1-5H3;5-7,10-11,13H,3-4,8-9,12H2,1-2H3;1-2H3. The Labute approximate surface area is 195 Å². The third-order valence-electron chi connectivity index (χ3n) is 5.86. The van der Waals surface area contributed by atoms with E-state index < -0.39 is 0 Å². The fourth-order valence-corrected chi connectivity index (χ4v) is 3.80. The van der Waals surface area contributed by atoms with Gasteiger partial charge < -0.3 is 0 Å². The highest BCUT2D eigenvalue weighted by Crippen LogP contribution is 2.23. The molecule has 0 aliphatic rings. The molecule has 2 rings (SSSR count). The van der Waals surface area contributed by atoms with Crippen LogP contribution in [-0.2, 0) is 18.3 Å². The molecule has 0 aliphatic heterocycles. The van der Waals surface area contributed by atoms with Crippen LogP contribution in [0.2, 0.25) is 0 Å². The fraction of sp³-hybridized carbons (Fsp3) is 0.613. The minimum absolute atomic E-state index is 0.273. The van der Waals surface area contributed by atoms with Crippen LogP contribution in [0.15, 0.2) is 54.6 Å².